The lowest BCUT2D eigenvalue weighted by Gasteiger charge is -2.12. The van der Waals surface area contributed by atoms with Crippen LogP contribution in [-0.4, -0.2) is 27.1 Å². The Morgan fingerprint density at radius 1 is 1.53 bits per heavy atom. The minimum atomic E-state index is 0.233. The van der Waals surface area contributed by atoms with Crippen LogP contribution in [0.1, 0.15) is 38.4 Å². The first-order valence-corrected chi connectivity index (χ1v) is 6.22. The van der Waals surface area contributed by atoms with E-state index in [0.29, 0.717) is 25.3 Å². The lowest BCUT2D eigenvalue weighted by molar-refractivity contribution is -0.118. The second-order valence-electron chi connectivity index (χ2n) is 4.41. The molecule has 0 saturated heterocycles. The van der Waals surface area contributed by atoms with Crippen molar-refractivity contribution in [2.24, 2.45) is 18.7 Å². The number of nitrogens with zero attached hydrogens (tertiary/aromatic N) is 3. The number of carbonyl (C=O) groups is 1. The van der Waals surface area contributed by atoms with Crippen molar-refractivity contribution >= 4 is 5.78 Å². The molecule has 1 unspecified atom stereocenters. The lowest BCUT2D eigenvalue weighted by atomic mass is 9.95. The van der Waals surface area contributed by atoms with E-state index >= 15 is 0 Å². The highest BCUT2D eigenvalue weighted by Crippen LogP contribution is 2.15. The average Bonchev–Trinajstić information content (AvgIpc) is 2.70. The van der Waals surface area contributed by atoms with Crippen LogP contribution in [0.5, 0.6) is 0 Å². The van der Waals surface area contributed by atoms with Crippen molar-refractivity contribution in [3.8, 4) is 0 Å². The van der Waals surface area contributed by atoms with Crippen LogP contribution in [0, 0.1) is 5.92 Å². The number of nitrogens with two attached hydrogens (primary N) is 1. The van der Waals surface area contributed by atoms with E-state index in [-0.39, 0.29) is 5.78 Å². The molecule has 1 atom stereocenters. The highest BCUT2D eigenvalue weighted by molar-refractivity contribution is 5.80. The standard InChI is InChI=1S/C12H22N4O/c1-3-10(6-7-13)4-5-11(17)8-12-14-9-15-16(12)2/h9-10H,3-8,13H2,1-2H3. The maximum Gasteiger partial charge on any atom is 0.140 e. The third-order valence-corrected chi connectivity index (χ3v) is 3.14. The van der Waals surface area contributed by atoms with E-state index in [9.17, 15) is 4.79 Å². The van der Waals surface area contributed by atoms with Gasteiger partial charge in [0.2, 0.25) is 0 Å². The van der Waals surface area contributed by atoms with Gasteiger partial charge in [0.1, 0.15) is 17.9 Å². The van der Waals surface area contributed by atoms with Gasteiger partial charge in [-0.3, -0.25) is 9.48 Å². The highest BCUT2D eigenvalue weighted by Gasteiger charge is 2.11. The van der Waals surface area contributed by atoms with Gasteiger partial charge in [-0.15, -0.1) is 0 Å². The summed E-state index contributed by atoms with van der Waals surface area (Å²) in [7, 11) is 1.80. The van der Waals surface area contributed by atoms with Crippen LogP contribution in [0.3, 0.4) is 0 Å². The Hall–Kier alpha value is -1.23. The van der Waals surface area contributed by atoms with Crippen LogP contribution >= 0.6 is 0 Å². The first-order chi connectivity index (χ1) is 8.17. The Labute approximate surface area is 102 Å². The molecule has 5 nitrogen and oxygen atoms in total. The SMILES string of the molecule is CCC(CCN)CCC(=O)Cc1ncnn1C. The Morgan fingerprint density at radius 2 is 2.29 bits per heavy atom. The summed E-state index contributed by atoms with van der Waals surface area (Å²) in [6.07, 6.45) is 5.51. The number of Topliss-reactive ketones (excluding diaryl/α,β-unsaturated/α-hetero) is 1. The van der Waals surface area contributed by atoms with E-state index in [2.05, 4.69) is 17.0 Å². The molecular weight excluding hydrogens is 216 g/mol. The first kappa shape index (κ1) is 13.8. The predicted molar refractivity (Wildman–Crippen MR) is 66.4 cm³/mol. The van der Waals surface area contributed by atoms with Crippen molar-refractivity contribution in [1.82, 2.24) is 14.8 Å². The average molecular weight is 238 g/mol. The number of rotatable bonds is 8. The number of hydrogen-bond acceptors (Lipinski definition) is 4. The Balaban J connectivity index is 2.32. The summed E-state index contributed by atoms with van der Waals surface area (Å²) in [5.41, 5.74) is 5.53. The highest BCUT2D eigenvalue weighted by atomic mass is 16.1. The van der Waals surface area contributed by atoms with Crippen LogP contribution in [0.2, 0.25) is 0 Å². The van der Waals surface area contributed by atoms with Gasteiger partial charge in [-0.05, 0) is 25.3 Å². The van der Waals surface area contributed by atoms with Crippen LogP contribution in [0.25, 0.3) is 0 Å². The Morgan fingerprint density at radius 3 is 2.82 bits per heavy atom. The molecule has 1 heterocycles. The van der Waals surface area contributed by atoms with E-state index in [4.69, 9.17) is 5.73 Å². The van der Waals surface area contributed by atoms with E-state index in [1.807, 2.05) is 0 Å². The van der Waals surface area contributed by atoms with Gasteiger partial charge >= 0.3 is 0 Å². The largest absolute Gasteiger partial charge is 0.330 e. The molecule has 0 aliphatic carbocycles. The maximum absolute atomic E-state index is 11.8. The summed E-state index contributed by atoms with van der Waals surface area (Å²) in [6, 6.07) is 0. The van der Waals surface area contributed by atoms with Gasteiger partial charge in [0.25, 0.3) is 0 Å². The molecular formula is C12H22N4O. The molecule has 0 spiro atoms. The summed E-state index contributed by atoms with van der Waals surface area (Å²) in [4.78, 5) is 15.8. The van der Waals surface area contributed by atoms with Crippen molar-refractivity contribution in [2.75, 3.05) is 6.54 Å². The molecule has 1 rings (SSSR count). The molecule has 96 valence electrons. The molecule has 5 heteroatoms. The van der Waals surface area contributed by atoms with Crippen molar-refractivity contribution in [3.05, 3.63) is 12.2 Å². The first-order valence-electron chi connectivity index (χ1n) is 6.22. The van der Waals surface area contributed by atoms with Crippen molar-refractivity contribution in [2.45, 2.75) is 39.0 Å². The smallest absolute Gasteiger partial charge is 0.140 e. The van der Waals surface area contributed by atoms with E-state index in [0.717, 1.165) is 25.1 Å². The zero-order valence-electron chi connectivity index (χ0n) is 10.7. The van der Waals surface area contributed by atoms with E-state index < -0.39 is 0 Å². The summed E-state index contributed by atoms with van der Waals surface area (Å²) >= 11 is 0. The Kier molecular flexibility index (Phi) is 5.83. The third-order valence-electron chi connectivity index (χ3n) is 3.14. The lowest BCUT2D eigenvalue weighted by Crippen LogP contribution is -2.12. The topological polar surface area (TPSA) is 73.8 Å². The van der Waals surface area contributed by atoms with Crippen LogP contribution in [-0.2, 0) is 18.3 Å². The fourth-order valence-electron chi connectivity index (χ4n) is 1.90. The fourth-order valence-corrected chi connectivity index (χ4v) is 1.90. The molecule has 0 radical (unpaired) electrons. The molecule has 0 aliphatic heterocycles. The quantitative estimate of drug-likeness (QED) is 0.735. The summed E-state index contributed by atoms with van der Waals surface area (Å²) in [5, 5.41) is 3.95. The second kappa shape index (κ2) is 7.17. The Bertz CT molecular complexity index is 348. The molecule has 1 aromatic rings. The molecule has 1 aromatic heterocycles. The van der Waals surface area contributed by atoms with Gasteiger partial charge in [0.05, 0.1) is 6.42 Å². The third kappa shape index (κ3) is 4.65. The van der Waals surface area contributed by atoms with Crippen molar-refractivity contribution in [3.63, 3.8) is 0 Å². The molecule has 0 amide bonds. The predicted octanol–water partition coefficient (Wildman–Crippen LogP) is 1.08. The second-order valence-corrected chi connectivity index (χ2v) is 4.41. The zero-order valence-corrected chi connectivity index (χ0v) is 10.7. The zero-order chi connectivity index (χ0) is 12.7. The van der Waals surface area contributed by atoms with E-state index in [1.165, 1.54) is 6.33 Å². The molecule has 0 fully saturated rings. The molecule has 0 aromatic carbocycles. The van der Waals surface area contributed by atoms with Gasteiger partial charge in [-0.2, -0.15) is 5.10 Å². The minimum Gasteiger partial charge on any atom is -0.330 e. The van der Waals surface area contributed by atoms with Gasteiger partial charge in [0.15, 0.2) is 0 Å². The number of carbonyl (C=O) groups excluding carboxylic acids is 1. The molecule has 0 saturated carbocycles. The minimum absolute atomic E-state index is 0.233. The monoisotopic (exact) mass is 238 g/mol. The number of aromatic nitrogens is 3. The van der Waals surface area contributed by atoms with Gasteiger partial charge in [-0.1, -0.05) is 13.3 Å². The van der Waals surface area contributed by atoms with Crippen LogP contribution in [0.15, 0.2) is 6.33 Å². The number of aryl methyl sites for hydroxylation is 1. The van der Waals surface area contributed by atoms with Crippen LogP contribution in [0.4, 0.5) is 0 Å². The summed E-state index contributed by atoms with van der Waals surface area (Å²) in [5.74, 6) is 1.54. The number of hydrogen-bond donors (Lipinski definition) is 1. The van der Waals surface area contributed by atoms with Crippen LogP contribution < -0.4 is 5.73 Å². The van der Waals surface area contributed by atoms with Gasteiger partial charge in [0, 0.05) is 13.5 Å². The fraction of sp³-hybridized carbons (Fsp3) is 0.750. The molecule has 2 N–H and O–H groups in total. The van der Waals surface area contributed by atoms with Crippen molar-refractivity contribution < 1.29 is 4.79 Å². The number of ketones is 1. The van der Waals surface area contributed by atoms with E-state index in [1.54, 1.807) is 11.7 Å². The van der Waals surface area contributed by atoms with Gasteiger partial charge < -0.3 is 5.73 Å². The molecule has 0 aliphatic rings. The molecule has 0 bridgehead atoms. The maximum atomic E-state index is 11.8. The molecule has 17 heavy (non-hydrogen) atoms. The van der Waals surface area contributed by atoms with Gasteiger partial charge in [-0.25, -0.2) is 4.98 Å². The van der Waals surface area contributed by atoms with Crippen molar-refractivity contribution in [1.29, 1.82) is 0 Å². The normalized spacial score (nSPS) is 12.6. The summed E-state index contributed by atoms with van der Waals surface area (Å²) in [6.45, 7) is 2.85. The summed E-state index contributed by atoms with van der Waals surface area (Å²) < 4.78 is 1.65.